The van der Waals surface area contributed by atoms with Gasteiger partial charge in [-0.05, 0) is 25.0 Å². The normalized spacial score (nSPS) is 11.4. The van der Waals surface area contributed by atoms with Gasteiger partial charge in [0.05, 0.1) is 11.0 Å². The molecule has 0 amide bonds. The Balaban J connectivity index is 3.00. The third-order valence-corrected chi connectivity index (χ3v) is 4.29. The highest BCUT2D eigenvalue weighted by Crippen LogP contribution is 2.34. The molecule has 1 aromatic rings. The number of allylic oxidation sites excluding steroid dienone is 4. The number of hydrogen-bond donors (Lipinski definition) is 0. The van der Waals surface area contributed by atoms with Gasteiger partial charge in [0.15, 0.2) is 11.6 Å². The maximum Gasteiger partial charge on any atom is 0.272 e. The van der Waals surface area contributed by atoms with Crippen LogP contribution in [-0.4, -0.2) is 4.92 Å². The smallest absolute Gasteiger partial charge is 0.272 e. The largest absolute Gasteiger partial charge is 0.458 e. The molecule has 0 fully saturated rings. The summed E-state index contributed by atoms with van der Waals surface area (Å²) >= 11 is 1.38. The second kappa shape index (κ2) is 8.33. The Morgan fingerprint density at radius 3 is 2.61 bits per heavy atom. The number of thioether (sulfide) groups is 1. The lowest BCUT2D eigenvalue weighted by Gasteiger charge is -2.13. The van der Waals surface area contributed by atoms with E-state index < -0.39 is 10.7 Å². The summed E-state index contributed by atoms with van der Waals surface area (Å²) in [6.45, 7) is 15.0. The Morgan fingerprint density at radius 2 is 2.13 bits per heavy atom. The van der Waals surface area contributed by atoms with Crippen molar-refractivity contribution < 1.29 is 14.1 Å². The van der Waals surface area contributed by atoms with Gasteiger partial charge in [-0.2, -0.15) is 0 Å². The number of nitro groups is 1. The molecule has 0 aliphatic rings. The van der Waals surface area contributed by atoms with Crippen LogP contribution >= 0.6 is 11.8 Å². The minimum Gasteiger partial charge on any atom is -0.458 e. The molecule has 4 nitrogen and oxygen atoms in total. The first-order valence-corrected chi connectivity index (χ1v) is 7.61. The van der Waals surface area contributed by atoms with Gasteiger partial charge >= 0.3 is 0 Å². The molecule has 6 heteroatoms. The first-order valence-electron chi connectivity index (χ1n) is 6.80. The third kappa shape index (κ3) is 5.10. The Hall–Kier alpha value is -2.34. The monoisotopic (exact) mass is 335 g/mol. The molecule has 0 aliphatic heterocycles. The number of nitro benzene ring substituents is 1. The average molecular weight is 335 g/mol. The molecule has 122 valence electrons. The van der Waals surface area contributed by atoms with Crippen LogP contribution in [0, 0.1) is 15.9 Å². The minimum absolute atomic E-state index is 0.0622. The van der Waals surface area contributed by atoms with E-state index in [0.29, 0.717) is 17.8 Å². The molecule has 0 aromatic heterocycles. The van der Waals surface area contributed by atoms with E-state index in [4.69, 9.17) is 4.74 Å². The van der Waals surface area contributed by atoms with E-state index in [9.17, 15) is 14.5 Å². The molecular weight excluding hydrogens is 317 g/mol. The van der Waals surface area contributed by atoms with Gasteiger partial charge in [-0.3, -0.25) is 10.1 Å². The van der Waals surface area contributed by atoms with Crippen LogP contribution < -0.4 is 4.74 Å². The summed E-state index contributed by atoms with van der Waals surface area (Å²) in [6, 6.07) is 3.27. The molecule has 0 heterocycles. The minimum atomic E-state index is -0.784. The van der Waals surface area contributed by atoms with E-state index >= 15 is 0 Å². The molecule has 1 aromatic carbocycles. The average Bonchev–Trinajstić information content (AvgIpc) is 2.52. The molecule has 0 atom stereocenters. The molecule has 0 spiro atoms. The molecule has 0 N–H and O–H groups in total. The standard InChI is InChI=1S/C17H18FNO3S/c1-6-11(3)13(5)23-17(7-2)12(4)22-16-9-8-14(19(20)21)10-15(16)18/h6,8-10H,1,3,5,7H2,2,4H3/b17-12-. The van der Waals surface area contributed by atoms with Gasteiger partial charge in [0.2, 0.25) is 0 Å². The van der Waals surface area contributed by atoms with Crippen molar-refractivity contribution in [3.05, 3.63) is 81.1 Å². The van der Waals surface area contributed by atoms with Crippen molar-refractivity contribution in [2.45, 2.75) is 20.3 Å². The summed E-state index contributed by atoms with van der Waals surface area (Å²) < 4.78 is 19.4. The SMILES string of the molecule is C=CC(=C)C(=C)S/C(CC)=C(/C)Oc1ccc([N+](=O)[O-])cc1F. The summed E-state index contributed by atoms with van der Waals surface area (Å²) in [5.41, 5.74) is 0.382. The second-order valence-electron chi connectivity index (χ2n) is 4.56. The molecule has 0 bridgehead atoms. The molecular formula is C17H18FNO3S. The number of non-ortho nitro benzene ring substituents is 1. The lowest BCUT2D eigenvalue weighted by atomic mass is 10.3. The van der Waals surface area contributed by atoms with Crippen LogP contribution in [0.3, 0.4) is 0 Å². The molecule has 0 radical (unpaired) electrons. The van der Waals surface area contributed by atoms with E-state index in [1.165, 1.54) is 23.9 Å². The van der Waals surface area contributed by atoms with E-state index in [2.05, 4.69) is 19.7 Å². The number of benzene rings is 1. The van der Waals surface area contributed by atoms with Crippen molar-refractivity contribution >= 4 is 17.4 Å². The third-order valence-electron chi connectivity index (χ3n) is 2.95. The predicted octanol–water partition coefficient (Wildman–Crippen LogP) is 5.74. The first-order chi connectivity index (χ1) is 10.8. The summed E-state index contributed by atoms with van der Waals surface area (Å²) in [5, 5.41) is 10.6. The lowest BCUT2D eigenvalue weighted by molar-refractivity contribution is -0.385. The highest BCUT2D eigenvalue weighted by atomic mass is 32.2. The Bertz CT molecular complexity index is 695. The van der Waals surface area contributed by atoms with Gasteiger partial charge in [-0.25, -0.2) is 4.39 Å². The number of halogens is 1. The second-order valence-corrected chi connectivity index (χ2v) is 5.75. The summed E-state index contributed by atoms with van der Waals surface area (Å²) in [7, 11) is 0. The zero-order chi connectivity index (χ0) is 17.6. The van der Waals surface area contributed by atoms with Crippen molar-refractivity contribution in [2.75, 3.05) is 0 Å². The van der Waals surface area contributed by atoms with E-state index in [1.807, 2.05) is 6.92 Å². The maximum absolute atomic E-state index is 13.9. The predicted molar refractivity (Wildman–Crippen MR) is 92.7 cm³/mol. The van der Waals surface area contributed by atoms with Gasteiger partial charge in [0, 0.05) is 15.9 Å². The summed E-state index contributed by atoms with van der Waals surface area (Å²) in [4.78, 5) is 11.5. The van der Waals surface area contributed by atoms with Crippen LogP contribution in [0.5, 0.6) is 5.75 Å². The topological polar surface area (TPSA) is 52.4 Å². The quantitative estimate of drug-likeness (QED) is 0.263. The fraction of sp³-hybridized carbons (Fsp3) is 0.176. The fourth-order valence-electron chi connectivity index (χ4n) is 1.63. The maximum atomic E-state index is 13.9. The Kier molecular flexibility index (Phi) is 6.78. The van der Waals surface area contributed by atoms with Crippen molar-refractivity contribution in [1.82, 2.24) is 0 Å². The van der Waals surface area contributed by atoms with Gasteiger partial charge in [0.1, 0.15) is 5.76 Å². The lowest BCUT2D eigenvalue weighted by Crippen LogP contribution is -1.98. The fourth-order valence-corrected chi connectivity index (χ4v) is 2.47. The van der Waals surface area contributed by atoms with Crippen LogP contribution in [0.4, 0.5) is 10.1 Å². The van der Waals surface area contributed by atoms with Crippen LogP contribution in [0.25, 0.3) is 0 Å². The van der Waals surface area contributed by atoms with Gasteiger partial charge in [0.25, 0.3) is 5.69 Å². The highest BCUT2D eigenvalue weighted by molar-refractivity contribution is 8.06. The highest BCUT2D eigenvalue weighted by Gasteiger charge is 2.14. The van der Waals surface area contributed by atoms with Crippen molar-refractivity contribution in [3.8, 4) is 5.75 Å². The number of ether oxygens (including phenoxy) is 1. The Labute approximate surface area is 139 Å². The zero-order valence-electron chi connectivity index (χ0n) is 13.1. The molecule has 0 aliphatic carbocycles. The van der Waals surface area contributed by atoms with Crippen molar-refractivity contribution in [3.63, 3.8) is 0 Å². The molecule has 1 rings (SSSR count). The summed E-state index contributed by atoms with van der Waals surface area (Å²) in [5.74, 6) is -0.343. The van der Waals surface area contributed by atoms with E-state index in [0.717, 1.165) is 15.9 Å². The molecule has 0 saturated carbocycles. The van der Waals surface area contributed by atoms with Gasteiger partial charge in [-0.1, -0.05) is 44.5 Å². The van der Waals surface area contributed by atoms with Crippen molar-refractivity contribution in [2.24, 2.45) is 0 Å². The van der Waals surface area contributed by atoms with Gasteiger partial charge < -0.3 is 4.74 Å². The number of hydrogen-bond acceptors (Lipinski definition) is 4. The Morgan fingerprint density at radius 1 is 1.48 bits per heavy atom. The molecule has 0 unspecified atom stereocenters. The number of rotatable bonds is 8. The van der Waals surface area contributed by atoms with Crippen LogP contribution in [0.15, 0.2) is 65.2 Å². The van der Waals surface area contributed by atoms with Crippen LogP contribution in [0.2, 0.25) is 0 Å². The number of nitrogens with zero attached hydrogens (tertiary/aromatic N) is 1. The summed E-state index contributed by atoms with van der Waals surface area (Å²) in [6.07, 6.45) is 2.27. The van der Waals surface area contributed by atoms with E-state index in [-0.39, 0.29) is 11.4 Å². The van der Waals surface area contributed by atoms with E-state index in [1.54, 1.807) is 13.0 Å². The zero-order valence-corrected chi connectivity index (χ0v) is 13.9. The van der Waals surface area contributed by atoms with Crippen LogP contribution in [0.1, 0.15) is 20.3 Å². The van der Waals surface area contributed by atoms with Crippen molar-refractivity contribution in [1.29, 1.82) is 0 Å². The molecule has 23 heavy (non-hydrogen) atoms. The van der Waals surface area contributed by atoms with Crippen LogP contribution in [-0.2, 0) is 0 Å². The molecule has 0 saturated heterocycles. The first kappa shape index (κ1) is 18.7. The van der Waals surface area contributed by atoms with Gasteiger partial charge in [-0.15, -0.1) is 0 Å².